The van der Waals surface area contributed by atoms with Crippen LogP contribution in [0.25, 0.3) is 0 Å². The number of aryl methyl sites for hydroxylation is 2. The van der Waals surface area contributed by atoms with E-state index in [9.17, 15) is 18.0 Å². The van der Waals surface area contributed by atoms with Crippen molar-refractivity contribution in [3.63, 3.8) is 0 Å². The van der Waals surface area contributed by atoms with E-state index in [1.165, 1.54) is 35.0 Å². The lowest BCUT2D eigenvalue weighted by Gasteiger charge is -2.26. The highest BCUT2D eigenvalue weighted by atomic mass is 32.2. The third-order valence-corrected chi connectivity index (χ3v) is 6.49. The van der Waals surface area contributed by atoms with E-state index in [0.29, 0.717) is 30.7 Å². The molecule has 3 rings (SSSR count). The van der Waals surface area contributed by atoms with Crippen LogP contribution in [0.3, 0.4) is 0 Å². The molecular weight excluding hydrogens is 485 g/mol. The molecule has 0 unspecified atom stereocenters. The molecule has 0 bridgehead atoms. The van der Waals surface area contributed by atoms with Gasteiger partial charge in [-0.3, -0.25) is 4.79 Å². The summed E-state index contributed by atoms with van der Waals surface area (Å²) in [6, 6.07) is 20.3. The van der Waals surface area contributed by atoms with Gasteiger partial charge in [0.2, 0.25) is 0 Å². The fourth-order valence-corrected chi connectivity index (χ4v) is 4.44. The molecule has 36 heavy (non-hydrogen) atoms. The Morgan fingerprint density at radius 1 is 0.944 bits per heavy atom. The Kier molecular flexibility index (Phi) is 10.3. The van der Waals surface area contributed by atoms with Gasteiger partial charge in [-0.15, -0.1) is 0 Å². The topological polar surface area (TPSA) is 41.6 Å². The van der Waals surface area contributed by atoms with E-state index in [-0.39, 0.29) is 5.94 Å². The summed E-state index contributed by atoms with van der Waals surface area (Å²) in [7, 11) is 0. The van der Waals surface area contributed by atoms with Gasteiger partial charge in [-0.1, -0.05) is 53.2 Å². The molecule has 8 heteroatoms. The maximum absolute atomic E-state index is 13.4. The Labute approximate surface area is 214 Å². The molecule has 0 aromatic heterocycles. The number of nitrogens with zero attached hydrogens (tertiary/aromatic N) is 1. The number of benzene rings is 3. The van der Waals surface area contributed by atoms with Crippen molar-refractivity contribution in [2.75, 3.05) is 23.9 Å². The van der Waals surface area contributed by atoms with Crippen LogP contribution >= 0.6 is 11.8 Å². The molecule has 0 aliphatic heterocycles. The molecule has 192 valence electrons. The molecule has 0 fully saturated rings. The van der Waals surface area contributed by atoms with Crippen LogP contribution in [0, 0.1) is 13.8 Å². The number of anilines is 1. The first-order valence-corrected chi connectivity index (χ1v) is 12.7. The zero-order valence-corrected chi connectivity index (χ0v) is 21.3. The van der Waals surface area contributed by atoms with Crippen molar-refractivity contribution < 1.29 is 22.7 Å². The second-order valence-electron chi connectivity index (χ2n) is 8.66. The van der Waals surface area contributed by atoms with E-state index >= 15 is 0 Å². The second-order valence-corrected chi connectivity index (χ2v) is 9.66. The minimum absolute atomic E-state index is 0.225. The maximum atomic E-state index is 13.4. The lowest BCUT2D eigenvalue weighted by atomic mass is 10.1. The zero-order valence-electron chi connectivity index (χ0n) is 20.5. The highest BCUT2D eigenvalue weighted by molar-refractivity contribution is 7.99. The summed E-state index contributed by atoms with van der Waals surface area (Å²) in [5, 5.41) is 3.45. The number of carbonyl (C=O) groups excluding carboxylic acids is 1. The summed E-state index contributed by atoms with van der Waals surface area (Å²) in [5.41, 5.74) is 3.93. The SMILES string of the molecule is Cc1ccc(CNCCCN(Cc2cc(C)cc(C(F)(F)F)c2)c2ccc(SCOC=O)cc2)cc1. The van der Waals surface area contributed by atoms with Gasteiger partial charge < -0.3 is 15.0 Å². The summed E-state index contributed by atoms with van der Waals surface area (Å²) in [6.45, 7) is 6.74. The van der Waals surface area contributed by atoms with Gasteiger partial charge in [-0.2, -0.15) is 13.2 Å². The molecule has 0 aliphatic rings. The van der Waals surface area contributed by atoms with E-state index in [0.717, 1.165) is 30.1 Å². The summed E-state index contributed by atoms with van der Waals surface area (Å²) in [5.74, 6) is 0.225. The smallest absolute Gasteiger partial charge is 0.416 e. The van der Waals surface area contributed by atoms with Gasteiger partial charge >= 0.3 is 6.18 Å². The minimum Gasteiger partial charge on any atom is -0.456 e. The van der Waals surface area contributed by atoms with Crippen molar-refractivity contribution in [3.05, 3.63) is 94.5 Å². The lowest BCUT2D eigenvalue weighted by Crippen LogP contribution is -2.27. The van der Waals surface area contributed by atoms with Crippen molar-refractivity contribution in [1.29, 1.82) is 0 Å². The molecule has 1 N–H and O–H groups in total. The predicted molar refractivity (Wildman–Crippen MR) is 139 cm³/mol. The number of halogens is 3. The fraction of sp³-hybridized carbons (Fsp3) is 0.321. The Morgan fingerprint density at radius 2 is 1.67 bits per heavy atom. The van der Waals surface area contributed by atoms with Crippen LogP contribution < -0.4 is 10.2 Å². The summed E-state index contributed by atoms with van der Waals surface area (Å²) < 4.78 is 44.9. The van der Waals surface area contributed by atoms with Crippen molar-refractivity contribution in [2.24, 2.45) is 0 Å². The van der Waals surface area contributed by atoms with Crippen LogP contribution in [0.4, 0.5) is 18.9 Å². The molecule has 0 saturated carbocycles. The van der Waals surface area contributed by atoms with Crippen LogP contribution in [0.5, 0.6) is 0 Å². The van der Waals surface area contributed by atoms with Crippen LogP contribution in [0.2, 0.25) is 0 Å². The molecule has 0 radical (unpaired) electrons. The van der Waals surface area contributed by atoms with Gasteiger partial charge in [-0.05, 0) is 74.3 Å². The standard InChI is InChI=1S/C28H31F3N2O2S/c1-21-4-6-23(7-5-21)17-32-12-3-13-33(26-8-10-27(11-9-26)36-20-35-19-34)18-24-14-22(2)15-25(16-24)28(29,30)31/h4-11,14-16,19,32H,3,12-13,17-18,20H2,1-2H3. The van der Waals surface area contributed by atoms with E-state index in [4.69, 9.17) is 4.74 Å². The van der Waals surface area contributed by atoms with Gasteiger partial charge in [0.25, 0.3) is 6.47 Å². The van der Waals surface area contributed by atoms with Crippen molar-refractivity contribution in [2.45, 2.75) is 44.4 Å². The third-order valence-electron chi connectivity index (χ3n) is 5.63. The number of nitrogens with one attached hydrogen (secondary N) is 1. The van der Waals surface area contributed by atoms with Gasteiger partial charge in [0.1, 0.15) is 5.94 Å². The molecule has 0 amide bonds. The second kappa shape index (κ2) is 13.4. The van der Waals surface area contributed by atoms with E-state index < -0.39 is 11.7 Å². The Balaban J connectivity index is 1.68. The highest BCUT2D eigenvalue weighted by Gasteiger charge is 2.31. The summed E-state index contributed by atoms with van der Waals surface area (Å²) in [6.07, 6.45) is -3.55. The molecule has 3 aromatic rings. The lowest BCUT2D eigenvalue weighted by molar-refractivity contribution is -0.137. The number of rotatable bonds is 13. The number of alkyl halides is 3. The molecule has 3 aromatic carbocycles. The van der Waals surface area contributed by atoms with Crippen molar-refractivity contribution in [1.82, 2.24) is 5.32 Å². The Hall–Kier alpha value is -2.97. The van der Waals surface area contributed by atoms with Gasteiger partial charge in [0.15, 0.2) is 0 Å². The highest BCUT2D eigenvalue weighted by Crippen LogP contribution is 2.31. The molecule has 0 saturated heterocycles. The average Bonchev–Trinajstić information content (AvgIpc) is 2.84. The monoisotopic (exact) mass is 516 g/mol. The number of ether oxygens (including phenoxy) is 1. The predicted octanol–water partition coefficient (Wildman–Crippen LogP) is 6.73. The van der Waals surface area contributed by atoms with E-state index in [2.05, 4.69) is 41.4 Å². The number of thioether (sulfide) groups is 1. The van der Waals surface area contributed by atoms with Crippen LogP contribution in [0.1, 0.15) is 34.2 Å². The fourth-order valence-electron chi connectivity index (χ4n) is 3.85. The van der Waals surface area contributed by atoms with Gasteiger partial charge in [-0.25, -0.2) is 0 Å². The first kappa shape index (κ1) is 27.6. The average molecular weight is 517 g/mol. The van der Waals surface area contributed by atoms with Crippen molar-refractivity contribution >= 4 is 23.9 Å². The zero-order chi connectivity index (χ0) is 26.0. The maximum Gasteiger partial charge on any atom is 0.416 e. The molecule has 0 spiro atoms. The number of carbonyl (C=O) groups is 1. The third kappa shape index (κ3) is 8.91. The number of hydrogen-bond acceptors (Lipinski definition) is 5. The first-order chi connectivity index (χ1) is 17.2. The van der Waals surface area contributed by atoms with Crippen molar-refractivity contribution in [3.8, 4) is 0 Å². The normalized spacial score (nSPS) is 11.4. The molecule has 0 atom stereocenters. The number of hydrogen-bond donors (Lipinski definition) is 1. The summed E-state index contributed by atoms with van der Waals surface area (Å²) >= 11 is 1.39. The van der Waals surface area contributed by atoms with Crippen LogP contribution in [0.15, 0.2) is 71.6 Å². The van der Waals surface area contributed by atoms with E-state index in [1.807, 2.05) is 24.3 Å². The van der Waals surface area contributed by atoms with E-state index in [1.54, 1.807) is 13.0 Å². The van der Waals surface area contributed by atoms with Gasteiger partial charge in [0.05, 0.1) is 5.56 Å². The Morgan fingerprint density at radius 3 is 2.33 bits per heavy atom. The Bertz CT molecular complexity index is 1100. The minimum atomic E-state index is -4.38. The van der Waals surface area contributed by atoms with Crippen LogP contribution in [-0.2, 0) is 28.8 Å². The first-order valence-electron chi connectivity index (χ1n) is 11.7. The van der Waals surface area contributed by atoms with Gasteiger partial charge in [0, 0.05) is 30.2 Å². The van der Waals surface area contributed by atoms with Crippen LogP contribution in [-0.4, -0.2) is 25.5 Å². The largest absolute Gasteiger partial charge is 0.456 e. The summed E-state index contributed by atoms with van der Waals surface area (Å²) in [4.78, 5) is 13.4. The molecule has 0 heterocycles. The quantitative estimate of drug-likeness (QED) is 0.118. The molecule has 0 aliphatic carbocycles. The molecule has 4 nitrogen and oxygen atoms in total. The molecular formula is C28H31F3N2O2S.